The fourth-order valence-corrected chi connectivity index (χ4v) is 2.30. The summed E-state index contributed by atoms with van der Waals surface area (Å²) in [5.41, 5.74) is -2.96. The molecule has 132 valence electrons. The molecule has 1 atom stereocenters. The van der Waals surface area contributed by atoms with E-state index in [0.29, 0.717) is 11.3 Å². The predicted octanol–water partition coefficient (Wildman–Crippen LogP) is 4.12. The van der Waals surface area contributed by atoms with Gasteiger partial charge < -0.3 is 9.84 Å². The van der Waals surface area contributed by atoms with Crippen LogP contribution in [0, 0.1) is 0 Å². The van der Waals surface area contributed by atoms with Crippen molar-refractivity contribution in [2.45, 2.75) is 18.2 Å². The highest BCUT2D eigenvalue weighted by molar-refractivity contribution is 5.94. The third-order valence-electron chi connectivity index (χ3n) is 3.73. The Bertz CT molecular complexity index is 737. The first-order chi connectivity index (χ1) is 11.8. The van der Waals surface area contributed by atoms with Crippen molar-refractivity contribution < 1.29 is 27.8 Å². The number of alkyl halides is 3. The highest BCUT2D eigenvalue weighted by Crippen LogP contribution is 2.41. The van der Waals surface area contributed by atoms with Gasteiger partial charge in [-0.1, -0.05) is 48.5 Å². The molecule has 0 saturated carbocycles. The molecule has 0 saturated heterocycles. The van der Waals surface area contributed by atoms with Gasteiger partial charge in [-0.2, -0.15) is 13.2 Å². The highest BCUT2D eigenvalue weighted by Gasteiger charge is 2.55. The van der Waals surface area contributed by atoms with Crippen molar-refractivity contribution in [3.63, 3.8) is 0 Å². The number of ether oxygens (including phenoxy) is 1. The van der Waals surface area contributed by atoms with Gasteiger partial charge >= 0.3 is 6.18 Å². The lowest BCUT2D eigenvalue weighted by Gasteiger charge is -2.30. The van der Waals surface area contributed by atoms with Crippen LogP contribution in [0.5, 0.6) is 5.75 Å². The van der Waals surface area contributed by atoms with E-state index in [0.717, 1.165) is 18.2 Å². The second-order valence-electron chi connectivity index (χ2n) is 5.47. The molecule has 0 spiro atoms. The Labute approximate surface area is 143 Å². The van der Waals surface area contributed by atoms with E-state index >= 15 is 0 Å². The molecule has 0 radical (unpaired) electrons. The molecule has 6 heteroatoms. The van der Waals surface area contributed by atoms with E-state index in [2.05, 4.69) is 0 Å². The lowest BCUT2D eigenvalue weighted by molar-refractivity contribution is -0.266. The summed E-state index contributed by atoms with van der Waals surface area (Å²) in [5.74, 6) is -0.210. The van der Waals surface area contributed by atoms with Gasteiger partial charge in [0, 0.05) is 0 Å². The Morgan fingerprint density at radius 2 is 1.68 bits per heavy atom. The van der Waals surface area contributed by atoms with Gasteiger partial charge in [-0.15, -0.1) is 0 Å². The third kappa shape index (κ3) is 4.48. The van der Waals surface area contributed by atoms with Crippen molar-refractivity contribution in [3.8, 4) is 5.75 Å². The Kier molecular flexibility index (Phi) is 5.64. The second-order valence-corrected chi connectivity index (χ2v) is 5.47. The Hall–Kier alpha value is -2.60. The molecule has 0 aromatic heterocycles. The molecular weight excluding hydrogens is 333 g/mol. The van der Waals surface area contributed by atoms with E-state index in [9.17, 15) is 23.1 Å². The minimum absolute atomic E-state index is 0.367. The summed E-state index contributed by atoms with van der Waals surface area (Å²) in [6.07, 6.45) is -3.64. The van der Waals surface area contributed by atoms with E-state index in [1.807, 2.05) is 0 Å². The maximum atomic E-state index is 13.4. The van der Waals surface area contributed by atoms with Crippen molar-refractivity contribution in [3.05, 3.63) is 71.8 Å². The second kappa shape index (κ2) is 7.53. The van der Waals surface area contributed by atoms with E-state index < -0.39 is 24.0 Å². The van der Waals surface area contributed by atoms with Crippen LogP contribution in [0.3, 0.4) is 0 Å². The van der Waals surface area contributed by atoms with Gasteiger partial charge in [0.1, 0.15) is 5.75 Å². The van der Waals surface area contributed by atoms with Crippen LogP contribution >= 0.6 is 0 Å². The molecule has 1 N–H and O–H groups in total. The first-order valence-electron chi connectivity index (χ1n) is 7.46. The van der Waals surface area contributed by atoms with Crippen LogP contribution < -0.4 is 4.74 Å². The summed E-state index contributed by atoms with van der Waals surface area (Å²) in [6, 6.07) is 13.2. The van der Waals surface area contributed by atoms with E-state index in [1.165, 1.54) is 31.4 Å². The number of benzene rings is 2. The molecule has 3 nitrogen and oxygen atoms in total. The Morgan fingerprint density at radius 3 is 2.20 bits per heavy atom. The van der Waals surface area contributed by atoms with Gasteiger partial charge in [0.25, 0.3) is 0 Å². The molecule has 0 amide bonds. The third-order valence-corrected chi connectivity index (χ3v) is 3.73. The minimum Gasteiger partial charge on any atom is -0.497 e. The standard InChI is InChI=1S/C19H17F3O3/c1-25-17-11-8-14(9-12-17)7-10-16(23)13-18(24,19(20,21)22)15-5-3-2-4-6-15/h2-12,24H,13H2,1H3/b10-7+/t18-/m0/s1. The molecule has 25 heavy (non-hydrogen) atoms. The largest absolute Gasteiger partial charge is 0.497 e. The number of carbonyl (C=O) groups excluding carboxylic acids is 1. The first kappa shape index (κ1) is 18.7. The van der Waals surface area contributed by atoms with Crippen molar-refractivity contribution in [2.24, 2.45) is 0 Å². The summed E-state index contributed by atoms with van der Waals surface area (Å²) in [5, 5.41) is 10.2. The molecule has 0 bridgehead atoms. The van der Waals surface area contributed by atoms with Gasteiger partial charge in [-0.05, 0) is 29.3 Å². The molecular formula is C19H17F3O3. The zero-order valence-electron chi connectivity index (χ0n) is 13.5. The van der Waals surface area contributed by atoms with Crippen LogP contribution in [0.15, 0.2) is 60.7 Å². The number of hydrogen-bond acceptors (Lipinski definition) is 3. The van der Waals surface area contributed by atoms with Gasteiger partial charge in [-0.3, -0.25) is 4.79 Å². The fraction of sp³-hybridized carbons (Fsp3) is 0.211. The molecule has 0 aliphatic rings. The van der Waals surface area contributed by atoms with Crippen LogP contribution in [0.4, 0.5) is 13.2 Å². The maximum absolute atomic E-state index is 13.4. The molecule has 2 aromatic rings. The van der Waals surface area contributed by atoms with E-state index in [4.69, 9.17) is 4.74 Å². The van der Waals surface area contributed by atoms with Crippen molar-refractivity contribution in [1.82, 2.24) is 0 Å². The molecule has 0 heterocycles. The van der Waals surface area contributed by atoms with Crippen LogP contribution in [-0.4, -0.2) is 24.2 Å². The molecule has 2 rings (SSSR count). The van der Waals surface area contributed by atoms with Gasteiger partial charge in [0.05, 0.1) is 13.5 Å². The number of methoxy groups -OCH3 is 1. The zero-order chi connectivity index (χ0) is 18.5. The molecule has 2 aromatic carbocycles. The summed E-state index contributed by atoms with van der Waals surface area (Å²) in [4.78, 5) is 12.0. The lowest BCUT2D eigenvalue weighted by Crippen LogP contribution is -2.43. The van der Waals surface area contributed by atoms with Gasteiger partial charge in [0.15, 0.2) is 11.4 Å². The van der Waals surface area contributed by atoms with Crippen molar-refractivity contribution >= 4 is 11.9 Å². The number of hydrogen-bond donors (Lipinski definition) is 1. The summed E-state index contributed by atoms with van der Waals surface area (Å²) in [6.45, 7) is 0. The topological polar surface area (TPSA) is 46.5 Å². The van der Waals surface area contributed by atoms with Crippen LogP contribution in [0.25, 0.3) is 6.08 Å². The molecule has 0 aliphatic heterocycles. The average Bonchev–Trinajstić information content (AvgIpc) is 2.60. The van der Waals surface area contributed by atoms with E-state index in [1.54, 1.807) is 24.3 Å². The number of allylic oxidation sites excluding steroid dienone is 1. The van der Waals surface area contributed by atoms with Gasteiger partial charge in [-0.25, -0.2) is 0 Å². The number of rotatable bonds is 6. The Balaban J connectivity index is 2.18. The normalized spacial score (nSPS) is 14.3. The molecule has 0 fully saturated rings. The fourth-order valence-electron chi connectivity index (χ4n) is 2.30. The Morgan fingerprint density at radius 1 is 1.08 bits per heavy atom. The van der Waals surface area contributed by atoms with E-state index in [-0.39, 0.29) is 5.56 Å². The SMILES string of the molecule is COc1ccc(/C=C/C(=O)C[C@](O)(c2ccccc2)C(F)(F)F)cc1. The summed E-state index contributed by atoms with van der Waals surface area (Å²) < 4.78 is 45.1. The van der Waals surface area contributed by atoms with Crippen molar-refractivity contribution in [2.75, 3.05) is 7.11 Å². The van der Waals surface area contributed by atoms with Crippen molar-refractivity contribution in [1.29, 1.82) is 0 Å². The lowest BCUT2D eigenvalue weighted by atomic mass is 9.87. The smallest absolute Gasteiger partial charge is 0.421 e. The predicted molar refractivity (Wildman–Crippen MR) is 88.0 cm³/mol. The number of ketones is 1. The zero-order valence-corrected chi connectivity index (χ0v) is 13.5. The van der Waals surface area contributed by atoms with Crippen LogP contribution in [-0.2, 0) is 10.4 Å². The summed E-state index contributed by atoms with van der Waals surface area (Å²) >= 11 is 0. The van der Waals surface area contributed by atoms with Gasteiger partial charge in [0.2, 0.25) is 0 Å². The van der Waals surface area contributed by atoms with Crippen LogP contribution in [0.2, 0.25) is 0 Å². The number of halogens is 3. The first-order valence-corrected chi connectivity index (χ1v) is 7.46. The quantitative estimate of drug-likeness (QED) is 0.798. The average molecular weight is 350 g/mol. The monoisotopic (exact) mass is 350 g/mol. The maximum Gasteiger partial charge on any atom is 0.421 e. The minimum atomic E-state index is -4.97. The van der Waals surface area contributed by atoms with Crippen LogP contribution in [0.1, 0.15) is 17.5 Å². The highest BCUT2D eigenvalue weighted by atomic mass is 19.4. The molecule has 0 unspecified atom stereocenters. The molecule has 0 aliphatic carbocycles. The number of carbonyl (C=O) groups is 1. The number of aliphatic hydroxyl groups is 1. The summed E-state index contributed by atoms with van der Waals surface area (Å²) in [7, 11) is 1.51.